The standard InChI is InChI=1S/C15H16N2O4S2/c1-16(2)12(18)8-17-14(20)11(23-15(17)22)7-9-5-4-6-10(21-3)13(9)19/h4-7,19H,8H2,1-3H3/b11-7+. The number of nitrogens with zero attached hydrogens (tertiary/aromatic N) is 2. The molecule has 1 aromatic rings. The molecule has 122 valence electrons. The molecule has 0 aliphatic carbocycles. The van der Waals surface area contributed by atoms with Gasteiger partial charge >= 0.3 is 0 Å². The number of carbonyl (C=O) groups is 2. The number of thiocarbonyl (C=S) groups is 1. The zero-order valence-corrected chi connectivity index (χ0v) is 14.5. The number of benzene rings is 1. The maximum atomic E-state index is 12.4. The average Bonchev–Trinajstić information content (AvgIpc) is 2.76. The molecule has 0 radical (unpaired) electrons. The summed E-state index contributed by atoms with van der Waals surface area (Å²) in [6.07, 6.45) is 1.54. The fourth-order valence-corrected chi connectivity index (χ4v) is 3.12. The van der Waals surface area contributed by atoms with Gasteiger partial charge in [0.15, 0.2) is 11.5 Å². The van der Waals surface area contributed by atoms with Crippen LogP contribution >= 0.6 is 24.0 Å². The first-order chi connectivity index (χ1) is 10.8. The predicted molar refractivity (Wildman–Crippen MR) is 93.2 cm³/mol. The van der Waals surface area contributed by atoms with E-state index in [1.54, 1.807) is 32.3 Å². The number of phenolic OH excluding ortho intramolecular Hbond substituents is 1. The number of ether oxygens (including phenoxy) is 1. The van der Waals surface area contributed by atoms with E-state index >= 15 is 0 Å². The summed E-state index contributed by atoms with van der Waals surface area (Å²) in [5.74, 6) is -0.300. The van der Waals surface area contributed by atoms with Crippen LogP contribution in [0.4, 0.5) is 0 Å². The highest BCUT2D eigenvalue weighted by molar-refractivity contribution is 8.26. The third kappa shape index (κ3) is 3.65. The first kappa shape index (κ1) is 17.3. The number of rotatable bonds is 4. The van der Waals surface area contributed by atoms with E-state index < -0.39 is 0 Å². The Bertz CT molecular complexity index is 701. The van der Waals surface area contributed by atoms with E-state index in [0.717, 1.165) is 11.8 Å². The van der Waals surface area contributed by atoms with Crippen LogP contribution in [0, 0.1) is 0 Å². The monoisotopic (exact) mass is 352 g/mol. The number of amides is 2. The number of likely N-dealkylation sites (N-methyl/N-ethyl adjacent to an activating group) is 1. The molecule has 1 aromatic carbocycles. The lowest BCUT2D eigenvalue weighted by molar-refractivity contribution is -0.133. The van der Waals surface area contributed by atoms with Gasteiger partial charge in [-0.2, -0.15) is 0 Å². The van der Waals surface area contributed by atoms with Crippen LogP contribution in [0.15, 0.2) is 23.1 Å². The number of carbonyl (C=O) groups excluding carboxylic acids is 2. The van der Waals surface area contributed by atoms with Crippen molar-refractivity contribution in [3.05, 3.63) is 28.7 Å². The fraction of sp³-hybridized carbons (Fsp3) is 0.267. The SMILES string of the molecule is COc1cccc(/C=C2/SC(=S)N(CC(=O)N(C)C)C2=O)c1O. The number of hydrogen-bond acceptors (Lipinski definition) is 6. The molecule has 2 rings (SSSR count). The summed E-state index contributed by atoms with van der Waals surface area (Å²) in [7, 11) is 4.68. The van der Waals surface area contributed by atoms with Gasteiger partial charge in [0.25, 0.3) is 5.91 Å². The number of aromatic hydroxyl groups is 1. The molecule has 2 amide bonds. The summed E-state index contributed by atoms with van der Waals surface area (Å²) in [6.45, 7) is -0.0981. The normalized spacial score (nSPS) is 16.1. The van der Waals surface area contributed by atoms with Gasteiger partial charge in [-0.3, -0.25) is 14.5 Å². The van der Waals surface area contributed by atoms with Crippen molar-refractivity contribution in [2.75, 3.05) is 27.7 Å². The van der Waals surface area contributed by atoms with Crippen LogP contribution in [0.25, 0.3) is 6.08 Å². The molecule has 1 heterocycles. The van der Waals surface area contributed by atoms with Gasteiger partial charge in [0, 0.05) is 19.7 Å². The molecule has 1 aliphatic rings. The van der Waals surface area contributed by atoms with Gasteiger partial charge in [-0.15, -0.1) is 0 Å². The van der Waals surface area contributed by atoms with Crippen molar-refractivity contribution in [2.24, 2.45) is 0 Å². The maximum absolute atomic E-state index is 12.4. The molecule has 1 saturated heterocycles. The highest BCUT2D eigenvalue weighted by atomic mass is 32.2. The van der Waals surface area contributed by atoms with Crippen LogP contribution in [-0.2, 0) is 9.59 Å². The van der Waals surface area contributed by atoms with Crippen molar-refractivity contribution in [1.29, 1.82) is 0 Å². The fourth-order valence-electron chi connectivity index (χ4n) is 1.87. The minimum absolute atomic E-state index is 0.0513. The number of para-hydroxylation sites is 1. The Morgan fingerprint density at radius 3 is 2.78 bits per heavy atom. The molecular weight excluding hydrogens is 336 g/mol. The zero-order chi connectivity index (χ0) is 17.1. The van der Waals surface area contributed by atoms with Crippen LogP contribution in [-0.4, -0.2) is 58.8 Å². The molecule has 0 atom stereocenters. The van der Waals surface area contributed by atoms with Crippen LogP contribution < -0.4 is 4.74 Å². The minimum atomic E-state index is -0.350. The van der Waals surface area contributed by atoms with Crippen molar-refractivity contribution >= 4 is 46.2 Å². The van der Waals surface area contributed by atoms with Crippen LogP contribution in [0.1, 0.15) is 5.56 Å². The van der Waals surface area contributed by atoms with Crippen LogP contribution in [0.2, 0.25) is 0 Å². The van der Waals surface area contributed by atoms with Gasteiger partial charge in [-0.25, -0.2) is 0 Å². The third-order valence-electron chi connectivity index (χ3n) is 3.20. The second kappa shape index (κ2) is 7.01. The lowest BCUT2D eigenvalue weighted by Gasteiger charge is -2.17. The third-order valence-corrected chi connectivity index (χ3v) is 4.58. The van der Waals surface area contributed by atoms with Crippen LogP contribution in [0.3, 0.4) is 0 Å². The summed E-state index contributed by atoms with van der Waals surface area (Å²) < 4.78 is 5.36. The van der Waals surface area contributed by atoms with Crippen molar-refractivity contribution in [1.82, 2.24) is 9.80 Å². The Morgan fingerprint density at radius 2 is 2.17 bits per heavy atom. The molecule has 6 nitrogen and oxygen atoms in total. The molecule has 23 heavy (non-hydrogen) atoms. The number of thioether (sulfide) groups is 1. The van der Waals surface area contributed by atoms with Gasteiger partial charge in [0.05, 0.1) is 12.0 Å². The first-order valence-electron chi connectivity index (χ1n) is 6.66. The lowest BCUT2D eigenvalue weighted by Crippen LogP contribution is -2.38. The molecular formula is C15H16N2O4S2. The highest BCUT2D eigenvalue weighted by Crippen LogP contribution is 2.36. The summed E-state index contributed by atoms with van der Waals surface area (Å²) in [5, 5.41) is 10.1. The largest absolute Gasteiger partial charge is 0.504 e. The number of methoxy groups -OCH3 is 1. The van der Waals surface area contributed by atoms with E-state index in [4.69, 9.17) is 17.0 Å². The van der Waals surface area contributed by atoms with E-state index in [9.17, 15) is 14.7 Å². The molecule has 0 unspecified atom stereocenters. The van der Waals surface area contributed by atoms with Gasteiger partial charge in [0.2, 0.25) is 5.91 Å². The van der Waals surface area contributed by atoms with Crippen molar-refractivity contribution in [3.8, 4) is 11.5 Å². The van der Waals surface area contributed by atoms with Crippen molar-refractivity contribution < 1.29 is 19.4 Å². The van der Waals surface area contributed by atoms with Crippen molar-refractivity contribution in [2.45, 2.75) is 0 Å². The Kier molecular flexibility index (Phi) is 5.27. The summed E-state index contributed by atoms with van der Waals surface area (Å²) in [6, 6.07) is 4.99. The molecule has 1 N–H and O–H groups in total. The van der Waals surface area contributed by atoms with E-state index in [1.807, 2.05) is 0 Å². The molecule has 0 bridgehead atoms. The van der Waals surface area contributed by atoms with E-state index in [2.05, 4.69) is 0 Å². The molecule has 0 saturated carbocycles. The molecule has 0 spiro atoms. The molecule has 0 aromatic heterocycles. The molecule has 1 fully saturated rings. The lowest BCUT2D eigenvalue weighted by atomic mass is 10.1. The van der Waals surface area contributed by atoms with E-state index in [0.29, 0.717) is 20.5 Å². The highest BCUT2D eigenvalue weighted by Gasteiger charge is 2.33. The summed E-state index contributed by atoms with van der Waals surface area (Å²) in [5.41, 5.74) is 0.448. The number of hydrogen-bond donors (Lipinski definition) is 1. The van der Waals surface area contributed by atoms with E-state index in [1.165, 1.54) is 23.0 Å². The van der Waals surface area contributed by atoms with E-state index in [-0.39, 0.29) is 24.1 Å². The van der Waals surface area contributed by atoms with Crippen LogP contribution in [0.5, 0.6) is 11.5 Å². The topological polar surface area (TPSA) is 70.1 Å². The molecule has 1 aliphatic heterocycles. The minimum Gasteiger partial charge on any atom is -0.504 e. The van der Waals surface area contributed by atoms with Gasteiger partial charge < -0.3 is 14.7 Å². The van der Waals surface area contributed by atoms with Gasteiger partial charge in [-0.1, -0.05) is 36.1 Å². The number of phenols is 1. The average molecular weight is 352 g/mol. The quantitative estimate of drug-likeness (QED) is 0.657. The second-order valence-electron chi connectivity index (χ2n) is 4.95. The maximum Gasteiger partial charge on any atom is 0.266 e. The molecule has 8 heteroatoms. The van der Waals surface area contributed by atoms with Gasteiger partial charge in [0.1, 0.15) is 10.9 Å². The van der Waals surface area contributed by atoms with Crippen molar-refractivity contribution in [3.63, 3.8) is 0 Å². The first-order valence-corrected chi connectivity index (χ1v) is 7.89. The Labute approximate surface area is 143 Å². The van der Waals surface area contributed by atoms with Gasteiger partial charge in [-0.05, 0) is 12.1 Å². The Morgan fingerprint density at radius 1 is 1.48 bits per heavy atom. The Hall–Kier alpha value is -2.06. The zero-order valence-electron chi connectivity index (χ0n) is 12.9. The summed E-state index contributed by atoms with van der Waals surface area (Å²) >= 11 is 6.27. The second-order valence-corrected chi connectivity index (χ2v) is 6.63. The Balaban J connectivity index is 2.27. The smallest absolute Gasteiger partial charge is 0.266 e. The predicted octanol–water partition coefficient (Wildman–Crippen LogP) is 1.69. The summed E-state index contributed by atoms with van der Waals surface area (Å²) in [4.78, 5) is 27.2.